The van der Waals surface area contributed by atoms with Gasteiger partial charge in [-0.15, -0.1) is 0 Å². The second kappa shape index (κ2) is 6.61. The number of hydrogen-bond acceptors (Lipinski definition) is 4. The summed E-state index contributed by atoms with van der Waals surface area (Å²) in [6.07, 6.45) is 0.320. The molecule has 0 radical (unpaired) electrons. The molecule has 0 spiro atoms. The van der Waals surface area contributed by atoms with Crippen molar-refractivity contribution in [1.29, 1.82) is 0 Å². The SMILES string of the molecule is COc1cc2c(c(OC)c1OC)C(c1ccc(Cl)cc1)CC(=O)N2. The van der Waals surface area contributed by atoms with E-state index >= 15 is 0 Å². The molecule has 2 aromatic carbocycles. The van der Waals surface area contributed by atoms with Crippen LogP contribution in [-0.2, 0) is 4.79 Å². The molecule has 1 atom stereocenters. The number of nitrogens with one attached hydrogen (secondary N) is 1. The van der Waals surface area contributed by atoms with Crippen LogP contribution in [0.1, 0.15) is 23.5 Å². The predicted molar refractivity (Wildman–Crippen MR) is 92.6 cm³/mol. The van der Waals surface area contributed by atoms with Gasteiger partial charge in [-0.1, -0.05) is 23.7 Å². The molecule has 6 heteroatoms. The highest BCUT2D eigenvalue weighted by atomic mass is 35.5. The first-order chi connectivity index (χ1) is 11.6. The van der Waals surface area contributed by atoms with Crippen LogP contribution in [0.3, 0.4) is 0 Å². The Morgan fingerprint density at radius 2 is 1.71 bits per heavy atom. The van der Waals surface area contributed by atoms with Crippen molar-refractivity contribution in [2.24, 2.45) is 0 Å². The molecule has 1 aliphatic rings. The highest BCUT2D eigenvalue weighted by Gasteiger charge is 2.33. The lowest BCUT2D eigenvalue weighted by Crippen LogP contribution is -2.24. The number of benzene rings is 2. The second-order valence-corrected chi connectivity index (χ2v) is 5.90. The minimum atomic E-state index is -0.152. The first kappa shape index (κ1) is 16.5. The van der Waals surface area contributed by atoms with E-state index in [4.69, 9.17) is 25.8 Å². The van der Waals surface area contributed by atoms with Crippen molar-refractivity contribution in [2.45, 2.75) is 12.3 Å². The van der Waals surface area contributed by atoms with Crippen molar-refractivity contribution in [3.05, 3.63) is 46.5 Å². The average molecular weight is 348 g/mol. The lowest BCUT2D eigenvalue weighted by Gasteiger charge is -2.29. The molecule has 0 fully saturated rings. The van der Waals surface area contributed by atoms with Gasteiger partial charge in [0, 0.05) is 29.0 Å². The van der Waals surface area contributed by atoms with E-state index in [-0.39, 0.29) is 11.8 Å². The van der Waals surface area contributed by atoms with Crippen LogP contribution in [0.5, 0.6) is 17.2 Å². The van der Waals surface area contributed by atoms with Crippen LogP contribution in [0.25, 0.3) is 0 Å². The Kier molecular flexibility index (Phi) is 4.53. The molecular formula is C18H18ClNO4. The van der Waals surface area contributed by atoms with Crippen molar-refractivity contribution >= 4 is 23.2 Å². The van der Waals surface area contributed by atoms with Gasteiger partial charge in [0.2, 0.25) is 11.7 Å². The summed E-state index contributed by atoms with van der Waals surface area (Å²) in [6, 6.07) is 9.24. The molecular weight excluding hydrogens is 330 g/mol. The van der Waals surface area contributed by atoms with E-state index in [9.17, 15) is 4.79 Å². The molecule has 0 saturated heterocycles. The Hall–Kier alpha value is -2.40. The van der Waals surface area contributed by atoms with E-state index in [0.29, 0.717) is 34.4 Å². The van der Waals surface area contributed by atoms with Crippen LogP contribution in [0.15, 0.2) is 30.3 Å². The Labute approximate surface area is 145 Å². The Morgan fingerprint density at radius 3 is 2.29 bits per heavy atom. The first-order valence-electron chi connectivity index (χ1n) is 7.47. The fourth-order valence-corrected chi connectivity index (χ4v) is 3.22. The molecule has 1 aliphatic heterocycles. The molecule has 0 bridgehead atoms. The summed E-state index contributed by atoms with van der Waals surface area (Å²) in [5, 5.41) is 3.54. The topological polar surface area (TPSA) is 56.8 Å². The fourth-order valence-electron chi connectivity index (χ4n) is 3.10. The number of carbonyl (C=O) groups is 1. The molecule has 0 aliphatic carbocycles. The minimum absolute atomic E-state index is 0.0586. The van der Waals surface area contributed by atoms with Crippen molar-refractivity contribution in [2.75, 3.05) is 26.6 Å². The van der Waals surface area contributed by atoms with Gasteiger partial charge in [-0.3, -0.25) is 4.79 Å². The number of halogens is 1. The van der Waals surface area contributed by atoms with E-state index < -0.39 is 0 Å². The highest BCUT2D eigenvalue weighted by Crippen LogP contribution is 2.51. The van der Waals surface area contributed by atoms with E-state index in [2.05, 4.69) is 5.32 Å². The molecule has 0 saturated carbocycles. The fraction of sp³-hybridized carbons (Fsp3) is 0.278. The van der Waals surface area contributed by atoms with E-state index in [1.165, 1.54) is 0 Å². The number of hydrogen-bond donors (Lipinski definition) is 1. The normalized spacial score (nSPS) is 16.2. The third kappa shape index (κ3) is 2.76. The van der Waals surface area contributed by atoms with Gasteiger partial charge in [0.1, 0.15) is 0 Å². The zero-order valence-corrected chi connectivity index (χ0v) is 14.4. The smallest absolute Gasteiger partial charge is 0.225 e. The summed E-state index contributed by atoms with van der Waals surface area (Å²) in [6.45, 7) is 0. The highest BCUT2D eigenvalue weighted by molar-refractivity contribution is 6.30. The molecule has 24 heavy (non-hydrogen) atoms. The Morgan fingerprint density at radius 1 is 1.04 bits per heavy atom. The lowest BCUT2D eigenvalue weighted by molar-refractivity contribution is -0.116. The molecule has 2 aromatic rings. The molecule has 1 unspecified atom stereocenters. The zero-order chi connectivity index (χ0) is 17.3. The number of ether oxygens (including phenoxy) is 3. The number of fused-ring (bicyclic) bond motifs is 1. The molecule has 126 valence electrons. The van der Waals surface area contributed by atoms with Crippen LogP contribution in [0.4, 0.5) is 5.69 Å². The largest absolute Gasteiger partial charge is 0.493 e. The minimum Gasteiger partial charge on any atom is -0.493 e. The summed E-state index contributed by atoms with van der Waals surface area (Å²) < 4.78 is 16.4. The summed E-state index contributed by atoms with van der Waals surface area (Å²) in [5.74, 6) is 1.36. The Bertz CT molecular complexity index is 774. The molecule has 1 heterocycles. The number of anilines is 1. The summed E-state index contributed by atoms with van der Waals surface area (Å²) >= 11 is 5.98. The van der Waals surface area contributed by atoms with Crippen LogP contribution < -0.4 is 19.5 Å². The van der Waals surface area contributed by atoms with E-state index in [0.717, 1.165) is 11.1 Å². The number of methoxy groups -OCH3 is 3. The van der Waals surface area contributed by atoms with E-state index in [1.807, 2.05) is 24.3 Å². The predicted octanol–water partition coefficient (Wildman–Crippen LogP) is 3.84. The van der Waals surface area contributed by atoms with Gasteiger partial charge < -0.3 is 19.5 Å². The van der Waals surface area contributed by atoms with Gasteiger partial charge in [-0.05, 0) is 17.7 Å². The maximum absolute atomic E-state index is 12.2. The zero-order valence-electron chi connectivity index (χ0n) is 13.7. The monoisotopic (exact) mass is 347 g/mol. The van der Waals surface area contributed by atoms with Gasteiger partial charge in [0.25, 0.3) is 0 Å². The van der Waals surface area contributed by atoms with Gasteiger partial charge in [0.15, 0.2) is 11.5 Å². The van der Waals surface area contributed by atoms with Crippen LogP contribution >= 0.6 is 11.6 Å². The Balaban J connectivity index is 2.23. The standard InChI is InChI=1S/C18H18ClNO4/c1-22-14-9-13-16(18(24-3)17(14)23-2)12(8-15(21)20-13)10-4-6-11(19)7-5-10/h4-7,9,12H,8H2,1-3H3,(H,20,21). The third-order valence-corrected chi connectivity index (χ3v) is 4.40. The molecule has 1 N–H and O–H groups in total. The molecule has 5 nitrogen and oxygen atoms in total. The van der Waals surface area contributed by atoms with Crippen molar-refractivity contribution < 1.29 is 19.0 Å². The second-order valence-electron chi connectivity index (χ2n) is 5.46. The quantitative estimate of drug-likeness (QED) is 0.913. The van der Waals surface area contributed by atoms with Crippen LogP contribution in [-0.4, -0.2) is 27.2 Å². The van der Waals surface area contributed by atoms with Crippen LogP contribution in [0, 0.1) is 0 Å². The third-order valence-electron chi connectivity index (χ3n) is 4.15. The summed E-state index contributed by atoms with van der Waals surface area (Å²) in [4.78, 5) is 12.2. The number of rotatable bonds is 4. The molecule has 1 amide bonds. The number of carbonyl (C=O) groups excluding carboxylic acids is 1. The summed E-state index contributed by atoms with van der Waals surface area (Å²) in [7, 11) is 4.68. The summed E-state index contributed by atoms with van der Waals surface area (Å²) in [5.41, 5.74) is 2.53. The van der Waals surface area contributed by atoms with Gasteiger partial charge in [-0.25, -0.2) is 0 Å². The van der Waals surface area contributed by atoms with E-state index in [1.54, 1.807) is 27.4 Å². The van der Waals surface area contributed by atoms with Crippen molar-refractivity contribution in [3.63, 3.8) is 0 Å². The van der Waals surface area contributed by atoms with Gasteiger partial charge in [-0.2, -0.15) is 0 Å². The first-order valence-corrected chi connectivity index (χ1v) is 7.85. The van der Waals surface area contributed by atoms with Crippen LogP contribution in [0.2, 0.25) is 5.02 Å². The lowest BCUT2D eigenvalue weighted by atomic mass is 9.84. The van der Waals surface area contributed by atoms with Crippen molar-refractivity contribution in [3.8, 4) is 17.2 Å². The van der Waals surface area contributed by atoms with Gasteiger partial charge in [0.05, 0.1) is 27.0 Å². The molecule has 3 rings (SSSR count). The molecule has 0 aromatic heterocycles. The van der Waals surface area contributed by atoms with Gasteiger partial charge >= 0.3 is 0 Å². The average Bonchev–Trinajstić information content (AvgIpc) is 2.59. The maximum atomic E-state index is 12.2. The van der Waals surface area contributed by atoms with Crippen molar-refractivity contribution in [1.82, 2.24) is 0 Å². The number of amides is 1. The maximum Gasteiger partial charge on any atom is 0.225 e.